The Kier molecular flexibility index (Phi) is 15.3. The van der Waals surface area contributed by atoms with Gasteiger partial charge in [-0.25, -0.2) is 34.7 Å². The van der Waals surface area contributed by atoms with Crippen LogP contribution in [-0.4, -0.2) is 109 Å². The van der Waals surface area contributed by atoms with Crippen molar-refractivity contribution >= 4 is 40.1 Å². The van der Waals surface area contributed by atoms with Gasteiger partial charge in [0, 0.05) is 59.6 Å². The predicted molar refractivity (Wildman–Crippen MR) is 308 cm³/mol. The van der Waals surface area contributed by atoms with Crippen LogP contribution >= 0.6 is 0 Å². The van der Waals surface area contributed by atoms with Gasteiger partial charge in [-0.15, -0.1) is 10.2 Å². The minimum atomic E-state index is -0.171. The van der Waals surface area contributed by atoms with Crippen molar-refractivity contribution in [3.8, 4) is 62.4 Å². The molecule has 0 atom stereocenters. The molecule has 3 aliphatic rings. The number of anilines is 3. The monoisotopic (exact) mass is 1080 g/mol. The van der Waals surface area contributed by atoms with E-state index in [0.29, 0.717) is 57.7 Å². The molecule has 0 amide bonds. The van der Waals surface area contributed by atoms with Gasteiger partial charge in [0.25, 0.3) is 0 Å². The van der Waals surface area contributed by atoms with E-state index in [1.165, 1.54) is 77.0 Å². The second-order valence-electron chi connectivity index (χ2n) is 20.5. The van der Waals surface area contributed by atoms with Crippen LogP contribution in [0.4, 0.5) is 23.1 Å². The molecule has 11 aromatic rings. The van der Waals surface area contributed by atoms with Gasteiger partial charge in [-0.1, -0.05) is 56.7 Å². The molecular formula is C59H61N19O3. The average Bonchev–Trinajstić information content (AvgIpc) is 4.45. The van der Waals surface area contributed by atoms with Crippen LogP contribution in [0.1, 0.15) is 88.2 Å². The number of nitrogens with zero attached hydrogens (tertiary/aromatic N) is 14. The highest BCUT2D eigenvalue weighted by molar-refractivity contribution is 5.73. The first-order chi connectivity index (χ1) is 39.9. The lowest BCUT2D eigenvalue weighted by atomic mass is 10.1. The van der Waals surface area contributed by atoms with E-state index >= 15 is 0 Å². The van der Waals surface area contributed by atoms with Crippen molar-refractivity contribution in [2.45, 2.75) is 108 Å². The SMILES string of the molecule is COc1cc(-c2cn[nH]c2)cn2c(-c3cccc(NC4CCCC4)n3)cnc12.OCc1cc2ncc(-c3cccc(NC4CCCC4)n3)n2cc1-c1nn[nH]n1.[C-]#[N+]c1cn2c(-c3cccc(NC4CCCC4)n3)cnc2cc1CO. The Morgan fingerprint density at radius 3 is 1.62 bits per heavy atom. The number of H-pyrrole nitrogens is 2. The summed E-state index contributed by atoms with van der Waals surface area (Å²) < 4.78 is 11.4. The topological polar surface area (TPSA) is 264 Å². The molecule has 11 aromatic heterocycles. The van der Waals surface area contributed by atoms with Crippen LogP contribution in [0.15, 0.2) is 122 Å². The Balaban J connectivity index is 0.000000121. The zero-order valence-electron chi connectivity index (χ0n) is 44.7. The van der Waals surface area contributed by atoms with Gasteiger partial charge in [0.1, 0.15) is 28.7 Å². The summed E-state index contributed by atoms with van der Waals surface area (Å²) in [7, 11) is 1.66. The lowest BCUT2D eigenvalue weighted by molar-refractivity contribution is 0.282. The number of aromatic amines is 2. The number of imidazole rings is 3. The van der Waals surface area contributed by atoms with Crippen molar-refractivity contribution in [1.29, 1.82) is 0 Å². The molecule has 3 saturated carbocycles. The smallest absolute Gasteiger partial charge is 0.208 e. The Bertz CT molecular complexity index is 3960. The molecule has 3 fully saturated rings. The third-order valence-corrected chi connectivity index (χ3v) is 15.3. The van der Waals surface area contributed by atoms with E-state index in [0.717, 1.165) is 74.0 Å². The van der Waals surface area contributed by atoms with Gasteiger partial charge >= 0.3 is 0 Å². The number of hydrogen-bond donors (Lipinski definition) is 7. The summed E-state index contributed by atoms with van der Waals surface area (Å²) in [5, 5.41) is 50.8. The average molecular weight is 1080 g/mol. The van der Waals surface area contributed by atoms with Crippen LogP contribution in [0.2, 0.25) is 0 Å². The maximum atomic E-state index is 9.73. The van der Waals surface area contributed by atoms with Gasteiger partial charge in [-0.3, -0.25) is 13.9 Å². The van der Waals surface area contributed by atoms with Crippen LogP contribution in [-0.2, 0) is 13.2 Å². The molecule has 0 saturated heterocycles. The number of tetrazole rings is 1. The molecule has 81 heavy (non-hydrogen) atoms. The van der Waals surface area contributed by atoms with E-state index in [1.807, 2.05) is 105 Å². The maximum absolute atomic E-state index is 9.73. The van der Waals surface area contributed by atoms with Gasteiger partial charge in [-0.2, -0.15) is 10.3 Å². The van der Waals surface area contributed by atoms with Gasteiger partial charge in [0.2, 0.25) is 11.5 Å². The first-order valence-corrected chi connectivity index (χ1v) is 27.5. The van der Waals surface area contributed by atoms with Crippen molar-refractivity contribution in [1.82, 2.24) is 73.9 Å². The number of aromatic nitrogens is 15. The second-order valence-corrected chi connectivity index (χ2v) is 20.5. The molecule has 11 heterocycles. The largest absolute Gasteiger partial charge is 0.493 e. The Morgan fingerprint density at radius 1 is 0.617 bits per heavy atom. The van der Waals surface area contributed by atoms with Gasteiger partial charge in [0.15, 0.2) is 11.4 Å². The van der Waals surface area contributed by atoms with Crippen molar-refractivity contribution < 1.29 is 14.9 Å². The van der Waals surface area contributed by atoms with Crippen LogP contribution < -0.4 is 20.7 Å². The summed E-state index contributed by atoms with van der Waals surface area (Å²) in [5.74, 6) is 3.80. The lowest BCUT2D eigenvalue weighted by Gasteiger charge is -2.13. The highest BCUT2D eigenvalue weighted by Crippen LogP contribution is 2.33. The van der Waals surface area contributed by atoms with Crippen molar-refractivity contribution in [3.05, 3.63) is 145 Å². The van der Waals surface area contributed by atoms with E-state index in [9.17, 15) is 10.2 Å². The first kappa shape index (κ1) is 52.1. The van der Waals surface area contributed by atoms with E-state index in [2.05, 4.69) is 66.6 Å². The summed E-state index contributed by atoms with van der Waals surface area (Å²) in [5.41, 5.74) is 11.7. The van der Waals surface area contributed by atoms with Crippen molar-refractivity contribution in [2.24, 2.45) is 0 Å². The fraction of sp³-hybridized carbons (Fsp3) is 0.305. The minimum Gasteiger partial charge on any atom is -0.493 e. The molecule has 3 aliphatic carbocycles. The molecule has 7 N–H and O–H groups in total. The van der Waals surface area contributed by atoms with Crippen molar-refractivity contribution in [2.75, 3.05) is 23.1 Å². The number of ether oxygens (including phenoxy) is 1. The van der Waals surface area contributed by atoms with E-state index in [-0.39, 0.29) is 13.2 Å². The minimum absolute atomic E-state index is 0.137. The molecule has 0 aromatic carbocycles. The van der Waals surface area contributed by atoms with Gasteiger partial charge < -0.3 is 35.3 Å². The molecule has 14 rings (SSSR count). The highest BCUT2D eigenvalue weighted by Gasteiger charge is 2.21. The molecule has 0 spiro atoms. The first-order valence-electron chi connectivity index (χ1n) is 27.5. The molecule has 22 nitrogen and oxygen atoms in total. The number of methoxy groups -OCH3 is 1. The number of fused-ring (bicyclic) bond motifs is 3. The zero-order chi connectivity index (χ0) is 55.1. The molecule has 0 radical (unpaired) electrons. The van der Waals surface area contributed by atoms with Gasteiger partial charge in [0.05, 0.1) is 85.8 Å². The fourth-order valence-corrected chi connectivity index (χ4v) is 11.1. The Morgan fingerprint density at radius 2 is 1.14 bits per heavy atom. The summed E-state index contributed by atoms with van der Waals surface area (Å²) >= 11 is 0. The third-order valence-electron chi connectivity index (χ3n) is 15.3. The van der Waals surface area contributed by atoms with E-state index in [1.54, 1.807) is 38.0 Å². The fourth-order valence-electron chi connectivity index (χ4n) is 11.1. The Hall–Kier alpha value is -9.59. The van der Waals surface area contributed by atoms with Crippen LogP contribution in [0.5, 0.6) is 5.75 Å². The number of hydrogen-bond acceptors (Lipinski definition) is 16. The lowest BCUT2D eigenvalue weighted by Crippen LogP contribution is -2.15. The molecule has 22 heteroatoms. The number of aliphatic hydroxyl groups excluding tert-OH is 2. The zero-order valence-corrected chi connectivity index (χ0v) is 44.7. The second kappa shape index (κ2) is 23.8. The summed E-state index contributed by atoms with van der Waals surface area (Å²) in [6.07, 6.45) is 29.6. The van der Waals surface area contributed by atoms with Crippen molar-refractivity contribution in [3.63, 3.8) is 0 Å². The summed E-state index contributed by atoms with van der Waals surface area (Å²) in [6.45, 7) is 7.00. The molecule has 0 aliphatic heterocycles. The number of aliphatic hydroxyl groups is 2. The predicted octanol–water partition coefficient (Wildman–Crippen LogP) is 10.4. The molecule has 0 bridgehead atoms. The van der Waals surface area contributed by atoms with Crippen LogP contribution in [0, 0.1) is 6.57 Å². The van der Waals surface area contributed by atoms with E-state index in [4.69, 9.17) is 26.3 Å². The summed E-state index contributed by atoms with van der Waals surface area (Å²) in [4.78, 5) is 31.3. The highest BCUT2D eigenvalue weighted by atomic mass is 16.5. The normalized spacial score (nSPS) is 14.7. The molecular weight excluding hydrogens is 1020 g/mol. The number of pyridine rings is 6. The van der Waals surface area contributed by atoms with E-state index < -0.39 is 0 Å². The number of rotatable bonds is 14. The summed E-state index contributed by atoms with van der Waals surface area (Å²) in [6, 6.07) is 25.1. The molecule has 410 valence electrons. The Labute approximate surface area is 466 Å². The standard InChI is InChI=1S/C21H22N6O.C19H20N8O.C19H19N5O/c1-28-19-9-14(15-10-23-24-11-15)13-27-18(12-22-21(19)27)17-7-4-8-20(26-17)25-16-5-2-3-6-16;28-11-12-8-18-20-9-16(27(18)10-14(12)19-23-25-26-24-19)15-6-3-7-17(22-15)21-13-4-1-2-5-13;1-20-16-11-24-17(10-21-19(24)9-13(16)12-25)15-7-4-8-18(23-15)22-14-5-2-3-6-14/h4,7-13,16H,2-3,5-6H2,1H3,(H,23,24)(H,25,26);3,6-10,13,28H,1-2,4-5,11H2,(H,21,22)(H,23,24,25,26);4,7-11,14,25H,2-3,5-6,12H2,(H,22,23). The number of nitrogens with one attached hydrogen (secondary N) is 5. The maximum Gasteiger partial charge on any atom is 0.208 e. The molecule has 0 unspecified atom stereocenters. The van der Waals surface area contributed by atoms with Crippen LogP contribution in [0.25, 0.3) is 78.5 Å². The van der Waals surface area contributed by atoms with Crippen LogP contribution in [0.3, 0.4) is 0 Å². The third kappa shape index (κ3) is 11.3. The quantitative estimate of drug-likeness (QED) is 0.0499. The van der Waals surface area contributed by atoms with Gasteiger partial charge in [-0.05, 0) is 109 Å².